The molecule has 0 aliphatic carbocycles. The first-order valence-corrected chi connectivity index (χ1v) is 7.12. The Morgan fingerprint density at radius 1 is 1.55 bits per heavy atom. The molecule has 0 bridgehead atoms. The molecule has 110 valence electrons. The summed E-state index contributed by atoms with van der Waals surface area (Å²) < 4.78 is 0. The molecule has 1 aliphatic heterocycles. The van der Waals surface area contributed by atoms with Crippen molar-refractivity contribution in [3.05, 3.63) is 33.9 Å². The molecule has 1 fully saturated rings. The van der Waals surface area contributed by atoms with Gasteiger partial charge in [0.25, 0.3) is 11.6 Å². The second-order valence-electron chi connectivity index (χ2n) is 4.44. The van der Waals surface area contributed by atoms with E-state index in [-0.39, 0.29) is 30.0 Å². The lowest BCUT2D eigenvalue weighted by Crippen LogP contribution is -2.31. The Balaban J connectivity index is 0.00000200. The first-order valence-electron chi connectivity index (χ1n) is 5.90. The lowest BCUT2D eigenvalue weighted by Gasteiger charge is -2.15. The Bertz CT molecular complexity index is 527. The van der Waals surface area contributed by atoms with Crippen molar-refractivity contribution in [2.24, 2.45) is 5.73 Å². The number of nitro groups is 1. The van der Waals surface area contributed by atoms with Crippen LogP contribution >= 0.6 is 24.2 Å². The summed E-state index contributed by atoms with van der Waals surface area (Å²) in [6, 6.07) is 4.60. The zero-order chi connectivity index (χ0) is 14.0. The van der Waals surface area contributed by atoms with E-state index in [9.17, 15) is 14.9 Å². The molecule has 1 aromatic carbocycles. The quantitative estimate of drug-likeness (QED) is 0.522. The number of hydrogen-bond donors (Lipinski definition) is 1. The summed E-state index contributed by atoms with van der Waals surface area (Å²) in [4.78, 5) is 24.9. The zero-order valence-corrected chi connectivity index (χ0v) is 12.6. The second kappa shape index (κ2) is 6.92. The number of carbonyl (C=O) groups excluding carboxylic acids is 1. The molecule has 0 unspecified atom stereocenters. The third-order valence-corrected chi connectivity index (χ3v) is 3.92. The number of benzene rings is 1. The minimum absolute atomic E-state index is 0. The van der Waals surface area contributed by atoms with Gasteiger partial charge in [-0.05, 0) is 24.8 Å². The summed E-state index contributed by atoms with van der Waals surface area (Å²) in [7, 11) is 0. The van der Waals surface area contributed by atoms with Crippen LogP contribution in [0.2, 0.25) is 0 Å². The van der Waals surface area contributed by atoms with Gasteiger partial charge >= 0.3 is 0 Å². The van der Waals surface area contributed by atoms with E-state index in [1.165, 1.54) is 17.8 Å². The Morgan fingerprint density at radius 2 is 2.25 bits per heavy atom. The van der Waals surface area contributed by atoms with Gasteiger partial charge in [-0.25, -0.2) is 0 Å². The van der Waals surface area contributed by atoms with Gasteiger partial charge in [0.1, 0.15) is 0 Å². The molecule has 8 heteroatoms. The van der Waals surface area contributed by atoms with Crippen LogP contribution < -0.4 is 5.73 Å². The fraction of sp³-hybridized carbons (Fsp3) is 0.417. The lowest BCUT2D eigenvalue weighted by atomic mass is 10.2. The molecule has 1 amide bonds. The van der Waals surface area contributed by atoms with Crippen LogP contribution in [0.5, 0.6) is 0 Å². The summed E-state index contributed by atoms with van der Waals surface area (Å²) >= 11 is 1.29. The fourth-order valence-corrected chi connectivity index (χ4v) is 2.67. The van der Waals surface area contributed by atoms with Gasteiger partial charge in [-0.1, -0.05) is 0 Å². The molecule has 1 aromatic rings. The standard InChI is InChI=1S/C12H15N3O3S.ClH/c1-19-11-3-2-8(6-10(11)15(17)18)12(16)14-5-4-9(13)7-14;/h2-3,6,9H,4-5,7,13H2,1H3;1H/t9-;/m1./s1. The molecular weight excluding hydrogens is 302 g/mol. The SMILES string of the molecule is CSc1ccc(C(=O)N2CC[C@@H](N)C2)cc1[N+](=O)[O-].Cl. The van der Waals surface area contributed by atoms with E-state index in [1.54, 1.807) is 23.3 Å². The average Bonchev–Trinajstić information content (AvgIpc) is 2.83. The van der Waals surface area contributed by atoms with Crippen LogP contribution in [0.1, 0.15) is 16.8 Å². The van der Waals surface area contributed by atoms with E-state index in [0.29, 0.717) is 23.5 Å². The van der Waals surface area contributed by atoms with E-state index in [4.69, 9.17) is 5.73 Å². The van der Waals surface area contributed by atoms with Crippen LogP contribution in [0.4, 0.5) is 5.69 Å². The maximum absolute atomic E-state index is 12.2. The van der Waals surface area contributed by atoms with Gasteiger partial charge in [0.15, 0.2) is 0 Å². The average molecular weight is 318 g/mol. The molecule has 1 heterocycles. The van der Waals surface area contributed by atoms with E-state index < -0.39 is 4.92 Å². The van der Waals surface area contributed by atoms with Crippen molar-refractivity contribution in [2.45, 2.75) is 17.4 Å². The molecule has 1 aliphatic rings. The molecule has 20 heavy (non-hydrogen) atoms. The number of rotatable bonds is 3. The van der Waals surface area contributed by atoms with Crippen LogP contribution in [0.25, 0.3) is 0 Å². The van der Waals surface area contributed by atoms with E-state index >= 15 is 0 Å². The lowest BCUT2D eigenvalue weighted by molar-refractivity contribution is -0.387. The Labute approximate surface area is 127 Å². The minimum atomic E-state index is -0.460. The number of carbonyl (C=O) groups is 1. The van der Waals surface area contributed by atoms with E-state index in [0.717, 1.165) is 6.42 Å². The van der Waals surface area contributed by atoms with Crippen molar-refractivity contribution in [1.29, 1.82) is 0 Å². The number of hydrogen-bond acceptors (Lipinski definition) is 5. The first-order chi connectivity index (χ1) is 9.02. The number of nitro benzene ring substituents is 1. The molecular formula is C12H16ClN3O3S. The summed E-state index contributed by atoms with van der Waals surface area (Å²) in [6.07, 6.45) is 2.54. The van der Waals surface area contributed by atoms with Crippen molar-refractivity contribution in [3.63, 3.8) is 0 Å². The Hall–Kier alpha value is -1.31. The zero-order valence-electron chi connectivity index (χ0n) is 10.9. The largest absolute Gasteiger partial charge is 0.337 e. The smallest absolute Gasteiger partial charge is 0.283 e. The number of halogens is 1. The summed E-state index contributed by atoms with van der Waals surface area (Å²) in [5.41, 5.74) is 6.08. The van der Waals surface area contributed by atoms with Gasteiger partial charge in [0, 0.05) is 30.8 Å². The third kappa shape index (κ3) is 3.41. The molecule has 2 rings (SSSR count). The van der Waals surface area contributed by atoms with Gasteiger partial charge in [-0.3, -0.25) is 14.9 Å². The minimum Gasteiger partial charge on any atom is -0.337 e. The molecule has 6 nitrogen and oxygen atoms in total. The van der Waals surface area contributed by atoms with Gasteiger partial charge in [-0.2, -0.15) is 0 Å². The van der Waals surface area contributed by atoms with Crippen LogP contribution in [-0.4, -0.2) is 41.1 Å². The van der Waals surface area contributed by atoms with E-state index in [1.807, 2.05) is 0 Å². The highest BCUT2D eigenvalue weighted by Crippen LogP contribution is 2.29. The fourth-order valence-electron chi connectivity index (χ4n) is 2.12. The number of nitrogens with zero attached hydrogens (tertiary/aromatic N) is 2. The molecule has 2 N–H and O–H groups in total. The van der Waals surface area contributed by atoms with Gasteiger partial charge in [-0.15, -0.1) is 24.2 Å². The van der Waals surface area contributed by atoms with Crippen molar-refractivity contribution in [2.75, 3.05) is 19.3 Å². The van der Waals surface area contributed by atoms with Crippen molar-refractivity contribution in [1.82, 2.24) is 4.90 Å². The highest BCUT2D eigenvalue weighted by Gasteiger charge is 2.26. The maximum atomic E-state index is 12.2. The highest BCUT2D eigenvalue weighted by molar-refractivity contribution is 7.98. The van der Waals surface area contributed by atoms with Gasteiger partial charge < -0.3 is 10.6 Å². The Kier molecular flexibility index (Phi) is 5.79. The van der Waals surface area contributed by atoms with Crippen molar-refractivity contribution >= 4 is 35.8 Å². The molecule has 0 spiro atoms. The number of nitrogens with two attached hydrogens (primary N) is 1. The maximum Gasteiger partial charge on any atom is 0.283 e. The van der Waals surface area contributed by atoms with Crippen LogP contribution in [0, 0.1) is 10.1 Å². The number of amides is 1. The monoisotopic (exact) mass is 317 g/mol. The van der Waals surface area contributed by atoms with Gasteiger partial charge in [0.2, 0.25) is 0 Å². The van der Waals surface area contributed by atoms with Gasteiger partial charge in [0.05, 0.1) is 9.82 Å². The highest BCUT2D eigenvalue weighted by atomic mass is 35.5. The molecule has 1 saturated heterocycles. The molecule has 1 atom stereocenters. The van der Waals surface area contributed by atoms with Crippen LogP contribution in [0.3, 0.4) is 0 Å². The molecule has 0 radical (unpaired) electrons. The number of thioether (sulfide) groups is 1. The predicted molar refractivity (Wildman–Crippen MR) is 80.6 cm³/mol. The van der Waals surface area contributed by atoms with Crippen molar-refractivity contribution < 1.29 is 9.72 Å². The molecule has 0 aromatic heterocycles. The first kappa shape index (κ1) is 16.7. The summed E-state index contributed by atoms with van der Waals surface area (Å²) in [6.45, 7) is 1.12. The summed E-state index contributed by atoms with van der Waals surface area (Å²) in [5, 5.41) is 11.0. The normalized spacial score (nSPS) is 17.7. The summed E-state index contributed by atoms with van der Waals surface area (Å²) in [5.74, 6) is -0.191. The van der Waals surface area contributed by atoms with Crippen LogP contribution in [-0.2, 0) is 0 Å². The second-order valence-corrected chi connectivity index (χ2v) is 5.29. The Morgan fingerprint density at radius 3 is 2.75 bits per heavy atom. The van der Waals surface area contributed by atoms with Crippen molar-refractivity contribution in [3.8, 4) is 0 Å². The van der Waals surface area contributed by atoms with E-state index in [2.05, 4.69) is 0 Å². The third-order valence-electron chi connectivity index (χ3n) is 3.13. The predicted octanol–water partition coefficient (Wildman–Crippen LogP) is 1.91. The number of likely N-dealkylation sites (tertiary alicyclic amines) is 1. The van der Waals surface area contributed by atoms with Crippen LogP contribution in [0.15, 0.2) is 23.1 Å². The topological polar surface area (TPSA) is 89.5 Å². The molecule has 0 saturated carbocycles.